The Kier molecular flexibility index (Phi) is 5.75. The average molecular weight is 290 g/mol. The largest absolute Gasteiger partial charge is 0.310 e. The zero-order valence-electron chi connectivity index (χ0n) is 12.0. The summed E-state index contributed by atoms with van der Waals surface area (Å²) in [5.74, 6) is 0.765. The minimum absolute atomic E-state index is 0.358. The third kappa shape index (κ3) is 4.16. The van der Waals surface area contributed by atoms with Gasteiger partial charge in [0.25, 0.3) is 0 Å². The number of hydrogen-bond acceptors (Lipinski definition) is 3. The number of rotatable bonds is 5. The van der Waals surface area contributed by atoms with Crippen LogP contribution < -0.4 is 5.32 Å². The van der Waals surface area contributed by atoms with E-state index in [1.807, 2.05) is 31.2 Å². The molecular weight excluding hydrogens is 268 g/mol. The molecule has 3 nitrogen and oxygen atoms in total. The van der Waals surface area contributed by atoms with Crippen molar-refractivity contribution in [2.24, 2.45) is 0 Å². The van der Waals surface area contributed by atoms with Gasteiger partial charge in [-0.1, -0.05) is 25.5 Å². The first-order valence-electron chi connectivity index (χ1n) is 7.32. The zero-order valence-corrected chi connectivity index (χ0v) is 12.8. The van der Waals surface area contributed by atoms with E-state index in [2.05, 4.69) is 11.4 Å². The molecule has 0 saturated heterocycles. The second-order valence-electron chi connectivity index (χ2n) is 5.35. The Morgan fingerprint density at radius 2 is 2.30 bits per heavy atom. The van der Waals surface area contributed by atoms with Gasteiger partial charge in [0.2, 0.25) is 0 Å². The van der Waals surface area contributed by atoms with Gasteiger partial charge >= 0.3 is 0 Å². The molecule has 0 aromatic heterocycles. The van der Waals surface area contributed by atoms with Crippen LogP contribution in [0.3, 0.4) is 0 Å². The first kappa shape index (κ1) is 15.2. The van der Waals surface area contributed by atoms with E-state index in [1.54, 1.807) is 0 Å². The van der Waals surface area contributed by atoms with Crippen LogP contribution in [0.1, 0.15) is 43.7 Å². The SMILES string of the molecule is CC[S@](=O)[C@H]1CCC[C@@H](NCc2cccc(C#N)c2)C1. The van der Waals surface area contributed by atoms with Gasteiger partial charge in [-0.15, -0.1) is 0 Å². The molecule has 0 bridgehead atoms. The molecule has 108 valence electrons. The minimum atomic E-state index is -0.670. The van der Waals surface area contributed by atoms with Crippen LogP contribution in [0, 0.1) is 11.3 Å². The topological polar surface area (TPSA) is 52.9 Å². The van der Waals surface area contributed by atoms with Crippen LogP contribution in [0.4, 0.5) is 0 Å². The molecule has 1 fully saturated rings. The van der Waals surface area contributed by atoms with Gasteiger partial charge in [0.15, 0.2) is 0 Å². The van der Waals surface area contributed by atoms with E-state index in [-0.39, 0.29) is 0 Å². The number of nitriles is 1. The molecule has 1 aliphatic rings. The average Bonchev–Trinajstić information content (AvgIpc) is 2.52. The Morgan fingerprint density at radius 3 is 3.05 bits per heavy atom. The molecule has 4 heteroatoms. The Balaban J connectivity index is 1.87. The van der Waals surface area contributed by atoms with E-state index in [0.29, 0.717) is 16.9 Å². The van der Waals surface area contributed by atoms with Gasteiger partial charge in [0.05, 0.1) is 11.6 Å². The van der Waals surface area contributed by atoms with Crippen molar-refractivity contribution in [1.29, 1.82) is 5.26 Å². The first-order valence-corrected chi connectivity index (χ1v) is 8.70. The predicted molar refractivity (Wildman–Crippen MR) is 82.7 cm³/mol. The third-order valence-corrected chi connectivity index (χ3v) is 5.67. The van der Waals surface area contributed by atoms with Crippen molar-refractivity contribution in [3.63, 3.8) is 0 Å². The van der Waals surface area contributed by atoms with Gasteiger partial charge in [-0.05, 0) is 37.0 Å². The zero-order chi connectivity index (χ0) is 14.4. The van der Waals surface area contributed by atoms with Crippen LogP contribution in [0.15, 0.2) is 24.3 Å². The highest BCUT2D eigenvalue weighted by molar-refractivity contribution is 7.85. The van der Waals surface area contributed by atoms with E-state index in [9.17, 15) is 4.21 Å². The molecule has 0 amide bonds. The number of nitrogens with zero attached hydrogens (tertiary/aromatic N) is 1. The van der Waals surface area contributed by atoms with Crippen molar-refractivity contribution >= 4 is 10.8 Å². The third-order valence-electron chi connectivity index (χ3n) is 3.93. The molecule has 0 spiro atoms. The fourth-order valence-corrected chi connectivity index (χ4v) is 4.17. The van der Waals surface area contributed by atoms with Crippen molar-refractivity contribution in [2.45, 2.75) is 50.4 Å². The predicted octanol–water partition coefficient (Wildman–Crippen LogP) is 2.73. The first-order chi connectivity index (χ1) is 9.72. The van der Waals surface area contributed by atoms with E-state index in [0.717, 1.165) is 43.5 Å². The fourth-order valence-electron chi connectivity index (χ4n) is 2.82. The highest BCUT2D eigenvalue weighted by Gasteiger charge is 2.24. The lowest BCUT2D eigenvalue weighted by Crippen LogP contribution is -2.37. The number of nitrogens with one attached hydrogen (secondary N) is 1. The molecular formula is C16H22N2OS. The van der Waals surface area contributed by atoms with Crippen molar-refractivity contribution in [1.82, 2.24) is 5.32 Å². The smallest absolute Gasteiger partial charge is 0.0991 e. The molecule has 0 aliphatic heterocycles. The summed E-state index contributed by atoms with van der Waals surface area (Å²) in [7, 11) is -0.670. The van der Waals surface area contributed by atoms with Crippen molar-refractivity contribution in [3.05, 3.63) is 35.4 Å². The summed E-state index contributed by atoms with van der Waals surface area (Å²) in [6, 6.07) is 10.3. The normalized spacial score (nSPS) is 24.0. The maximum atomic E-state index is 11.9. The monoisotopic (exact) mass is 290 g/mol. The Morgan fingerprint density at radius 1 is 1.45 bits per heavy atom. The molecule has 3 atom stereocenters. The van der Waals surface area contributed by atoms with Crippen molar-refractivity contribution in [2.75, 3.05) is 5.75 Å². The number of hydrogen-bond donors (Lipinski definition) is 1. The lowest BCUT2D eigenvalue weighted by Gasteiger charge is -2.29. The van der Waals surface area contributed by atoms with E-state index < -0.39 is 10.8 Å². The summed E-state index contributed by atoms with van der Waals surface area (Å²) in [5, 5.41) is 12.8. The van der Waals surface area contributed by atoms with Crippen LogP contribution in [-0.4, -0.2) is 21.3 Å². The molecule has 1 aliphatic carbocycles. The second kappa shape index (κ2) is 7.56. The molecule has 0 unspecified atom stereocenters. The van der Waals surface area contributed by atoms with Gasteiger partial charge in [-0.25, -0.2) is 0 Å². The van der Waals surface area contributed by atoms with Crippen LogP contribution in [0.5, 0.6) is 0 Å². The summed E-state index contributed by atoms with van der Waals surface area (Å²) in [4.78, 5) is 0. The van der Waals surface area contributed by atoms with E-state index >= 15 is 0 Å². The van der Waals surface area contributed by atoms with Crippen LogP contribution in [0.25, 0.3) is 0 Å². The second-order valence-corrected chi connectivity index (χ2v) is 7.35. The molecule has 1 saturated carbocycles. The van der Waals surface area contributed by atoms with E-state index in [1.165, 1.54) is 0 Å². The van der Waals surface area contributed by atoms with Gasteiger partial charge in [-0.3, -0.25) is 4.21 Å². The highest BCUT2D eigenvalue weighted by atomic mass is 32.2. The Labute approximate surface area is 123 Å². The molecule has 1 aromatic rings. The van der Waals surface area contributed by atoms with Gasteiger partial charge in [0, 0.05) is 34.4 Å². The molecule has 1 aromatic carbocycles. The van der Waals surface area contributed by atoms with Crippen molar-refractivity contribution in [3.8, 4) is 6.07 Å². The summed E-state index contributed by atoms with van der Waals surface area (Å²) in [5.41, 5.74) is 1.85. The summed E-state index contributed by atoms with van der Waals surface area (Å²) >= 11 is 0. The summed E-state index contributed by atoms with van der Waals surface area (Å²) < 4.78 is 11.9. The maximum absolute atomic E-state index is 11.9. The van der Waals surface area contributed by atoms with Crippen LogP contribution in [0.2, 0.25) is 0 Å². The number of benzene rings is 1. The van der Waals surface area contributed by atoms with E-state index in [4.69, 9.17) is 5.26 Å². The van der Waals surface area contributed by atoms with Gasteiger partial charge in [0.1, 0.15) is 0 Å². The maximum Gasteiger partial charge on any atom is 0.0991 e. The van der Waals surface area contributed by atoms with Crippen molar-refractivity contribution < 1.29 is 4.21 Å². The molecule has 0 radical (unpaired) electrons. The summed E-state index contributed by atoms with van der Waals surface area (Å²) in [6.07, 6.45) is 4.43. The van der Waals surface area contributed by atoms with Gasteiger partial charge in [-0.2, -0.15) is 5.26 Å². The fraction of sp³-hybridized carbons (Fsp3) is 0.562. The lowest BCUT2D eigenvalue weighted by atomic mass is 9.95. The van der Waals surface area contributed by atoms with Crippen LogP contribution in [-0.2, 0) is 17.3 Å². The highest BCUT2D eigenvalue weighted by Crippen LogP contribution is 2.23. The molecule has 0 heterocycles. The van der Waals surface area contributed by atoms with Gasteiger partial charge < -0.3 is 5.32 Å². The van der Waals surface area contributed by atoms with Crippen LogP contribution >= 0.6 is 0 Å². The quantitative estimate of drug-likeness (QED) is 0.907. The lowest BCUT2D eigenvalue weighted by molar-refractivity contribution is 0.376. The standard InChI is InChI=1S/C16H22N2OS/c1-2-20(19)16-8-4-7-15(10-16)18-12-14-6-3-5-13(9-14)11-17/h3,5-6,9,15-16,18H,2,4,7-8,10,12H2,1H3/t15-,16+,20+/m1/s1. The molecule has 2 rings (SSSR count). The molecule has 1 N–H and O–H groups in total. The summed E-state index contributed by atoms with van der Waals surface area (Å²) in [6.45, 7) is 2.78. The minimum Gasteiger partial charge on any atom is -0.310 e. The Bertz CT molecular complexity index is 509. The molecule has 20 heavy (non-hydrogen) atoms. The Hall–Kier alpha value is -1.18.